The van der Waals surface area contributed by atoms with Crippen LogP contribution >= 0.6 is 11.6 Å². The maximum absolute atomic E-state index is 5.96. The first-order valence-electron chi connectivity index (χ1n) is 8.32. The molecule has 0 radical (unpaired) electrons. The number of nitrogens with zero attached hydrogens (tertiary/aromatic N) is 2. The van der Waals surface area contributed by atoms with Crippen LogP contribution in [0.2, 0.25) is 5.02 Å². The van der Waals surface area contributed by atoms with E-state index in [0.717, 1.165) is 50.5 Å². The first kappa shape index (κ1) is 17.7. The molecule has 1 fully saturated rings. The van der Waals surface area contributed by atoms with Crippen LogP contribution in [-0.4, -0.2) is 31.1 Å². The summed E-state index contributed by atoms with van der Waals surface area (Å²) in [5, 5.41) is 0.793. The Labute approximate surface area is 145 Å². The van der Waals surface area contributed by atoms with Crippen molar-refractivity contribution in [2.24, 2.45) is 0 Å². The van der Waals surface area contributed by atoms with Crippen LogP contribution in [0.4, 0.5) is 5.69 Å². The maximum Gasteiger partial charge on any atom is 0.0407 e. The minimum absolute atomic E-state index is 0.793. The van der Waals surface area contributed by atoms with Crippen molar-refractivity contribution >= 4 is 17.3 Å². The molecule has 23 heavy (non-hydrogen) atoms. The summed E-state index contributed by atoms with van der Waals surface area (Å²) >= 11 is 5.96. The molecule has 1 aliphatic rings. The molecule has 0 bridgehead atoms. The van der Waals surface area contributed by atoms with Gasteiger partial charge < -0.3 is 9.80 Å². The van der Waals surface area contributed by atoms with Crippen molar-refractivity contribution in [3.8, 4) is 0 Å². The van der Waals surface area contributed by atoms with Gasteiger partial charge in [0.25, 0.3) is 0 Å². The van der Waals surface area contributed by atoms with Crippen molar-refractivity contribution in [2.45, 2.75) is 26.2 Å². The van der Waals surface area contributed by atoms with Gasteiger partial charge >= 0.3 is 0 Å². The molecule has 0 N–H and O–H groups in total. The SMILES string of the molecule is C=C/C(C)=C\CCCC(=C)N1CCN(c2ccc(Cl)cc2)CC1. The zero-order chi connectivity index (χ0) is 16.7. The topological polar surface area (TPSA) is 6.48 Å². The third kappa shape index (κ3) is 5.47. The molecule has 0 atom stereocenters. The van der Waals surface area contributed by atoms with E-state index in [9.17, 15) is 0 Å². The molecule has 1 aromatic carbocycles. The van der Waals surface area contributed by atoms with Crippen molar-refractivity contribution in [3.63, 3.8) is 0 Å². The second-order valence-corrected chi connectivity index (χ2v) is 6.50. The van der Waals surface area contributed by atoms with Gasteiger partial charge in [-0.05, 0) is 50.5 Å². The Balaban J connectivity index is 1.74. The molecule has 0 amide bonds. The van der Waals surface area contributed by atoms with E-state index in [1.165, 1.54) is 17.0 Å². The highest BCUT2D eigenvalue weighted by Crippen LogP contribution is 2.21. The fourth-order valence-corrected chi connectivity index (χ4v) is 2.94. The van der Waals surface area contributed by atoms with Gasteiger partial charge in [0.05, 0.1) is 0 Å². The lowest BCUT2D eigenvalue weighted by Crippen LogP contribution is -2.45. The maximum atomic E-state index is 5.96. The summed E-state index contributed by atoms with van der Waals surface area (Å²) in [6, 6.07) is 8.12. The number of rotatable bonds is 7. The van der Waals surface area contributed by atoms with E-state index >= 15 is 0 Å². The number of hydrogen-bond donors (Lipinski definition) is 0. The van der Waals surface area contributed by atoms with Gasteiger partial charge in [-0.25, -0.2) is 0 Å². The van der Waals surface area contributed by atoms with E-state index < -0.39 is 0 Å². The summed E-state index contributed by atoms with van der Waals surface area (Å²) in [5.74, 6) is 0. The average Bonchev–Trinajstić information content (AvgIpc) is 2.59. The van der Waals surface area contributed by atoms with Gasteiger partial charge in [0, 0.05) is 42.6 Å². The highest BCUT2D eigenvalue weighted by molar-refractivity contribution is 6.30. The number of anilines is 1. The lowest BCUT2D eigenvalue weighted by atomic mass is 10.1. The molecule has 0 spiro atoms. The summed E-state index contributed by atoms with van der Waals surface area (Å²) in [5.41, 5.74) is 3.78. The van der Waals surface area contributed by atoms with Crippen LogP contribution in [0.25, 0.3) is 0 Å². The molecule has 2 nitrogen and oxygen atoms in total. The number of hydrogen-bond acceptors (Lipinski definition) is 2. The molecule has 0 aromatic heterocycles. The average molecular weight is 331 g/mol. The van der Waals surface area contributed by atoms with Crippen LogP contribution in [0.1, 0.15) is 26.2 Å². The molecular weight excluding hydrogens is 304 g/mol. The number of allylic oxidation sites excluding steroid dienone is 4. The van der Waals surface area contributed by atoms with E-state index in [0.29, 0.717) is 0 Å². The molecule has 1 heterocycles. The van der Waals surface area contributed by atoms with Crippen LogP contribution < -0.4 is 4.90 Å². The number of benzene rings is 1. The molecule has 0 unspecified atom stereocenters. The van der Waals surface area contributed by atoms with Crippen LogP contribution in [-0.2, 0) is 0 Å². The molecule has 1 aromatic rings. The highest BCUT2D eigenvalue weighted by Gasteiger charge is 2.17. The predicted octanol–water partition coefficient (Wildman–Crippen LogP) is 5.28. The standard InChI is InChI=1S/C20H27ClN2/c1-4-17(2)7-5-6-8-18(3)22-13-15-23(16-14-22)20-11-9-19(21)10-12-20/h4,7,9-12H,1,3,5-6,8,13-16H2,2H3/b17-7-. The lowest BCUT2D eigenvalue weighted by molar-refractivity contribution is 0.311. The van der Waals surface area contributed by atoms with Crippen molar-refractivity contribution < 1.29 is 0 Å². The Hall–Kier alpha value is -1.67. The molecule has 2 rings (SSSR count). The van der Waals surface area contributed by atoms with E-state index in [4.69, 9.17) is 11.6 Å². The molecule has 124 valence electrons. The molecular formula is C20H27ClN2. The van der Waals surface area contributed by atoms with Gasteiger partial charge in [0.15, 0.2) is 0 Å². The van der Waals surface area contributed by atoms with Gasteiger partial charge in [-0.15, -0.1) is 0 Å². The number of unbranched alkanes of at least 4 members (excludes halogenated alkanes) is 1. The Bertz CT molecular complexity index is 552. The van der Waals surface area contributed by atoms with Gasteiger partial charge in [0.1, 0.15) is 0 Å². The summed E-state index contributed by atoms with van der Waals surface area (Å²) in [6.45, 7) is 14.3. The van der Waals surface area contributed by atoms with Crippen molar-refractivity contribution in [2.75, 3.05) is 31.1 Å². The molecule has 1 saturated heterocycles. The third-order valence-electron chi connectivity index (χ3n) is 4.38. The number of halogens is 1. The molecule has 1 aliphatic heterocycles. The normalized spacial score (nSPS) is 15.7. The number of piperazine rings is 1. The Morgan fingerprint density at radius 2 is 1.83 bits per heavy atom. The van der Waals surface area contributed by atoms with E-state index in [1.807, 2.05) is 18.2 Å². The summed E-state index contributed by atoms with van der Waals surface area (Å²) in [6.07, 6.45) is 7.48. The minimum Gasteiger partial charge on any atom is -0.372 e. The molecule has 3 heteroatoms. The van der Waals surface area contributed by atoms with Crippen molar-refractivity contribution in [1.82, 2.24) is 4.90 Å². The Morgan fingerprint density at radius 3 is 2.43 bits per heavy atom. The third-order valence-corrected chi connectivity index (χ3v) is 4.63. The van der Waals surface area contributed by atoms with Gasteiger partial charge in [-0.2, -0.15) is 0 Å². The first-order chi connectivity index (χ1) is 11.1. The van der Waals surface area contributed by atoms with E-state index in [1.54, 1.807) is 0 Å². The predicted molar refractivity (Wildman–Crippen MR) is 102 cm³/mol. The van der Waals surface area contributed by atoms with Crippen molar-refractivity contribution in [3.05, 3.63) is 65.9 Å². The Kier molecular flexibility index (Phi) is 6.79. The van der Waals surface area contributed by atoms with Crippen LogP contribution in [0.5, 0.6) is 0 Å². The second-order valence-electron chi connectivity index (χ2n) is 6.06. The fourth-order valence-electron chi connectivity index (χ4n) is 2.81. The fraction of sp³-hybridized carbons (Fsp3) is 0.400. The zero-order valence-electron chi connectivity index (χ0n) is 14.1. The largest absolute Gasteiger partial charge is 0.372 e. The quantitative estimate of drug-likeness (QED) is 0.496. The zero-order valence-corrected chi connectivity index (χ0v) is 14.9. The van der Waals surface area contributed by atoms with E-state index in [-0.39, 0.29) is 0 Å². The second kappa shape index (κ2) is 8.83. The van der Waals surface area contributed by atoms with Crippen molar-refractivity contribution in [1.29, 1.82) is 0 Å². The van der Waals surface area contributed by atoms with Crippen LogP contribution in [0, 0.1) is 0 Å². The first-order valence-corrected chi connectivity index (χ1v) is 8.70. The molecule has 0 saturated carbocycles. The Morgan fingerprint density at radius 1 is 1.17 bits per heavy atom. The van der Waals surface area contributed by atoms with Crippen LogP contribution in [0.3, 0.4) is 0 Å². The lowest BCUT2D eigenvalue weighted by Gasteiger charge is -2.38. The highest BCUT2D eigenvalue weighted by atomic mass is 35.5. The van der Waals surface area contributed by atoms with Gasteiger partial charge in [-0.3, -0.25) is 0 Å². The monoisotopic (exact) mass is 330 g/mol. The van der Waals surface area contributed by atoms with Gasteiger partial charge in [0.2, 0.25) is 0 Å². The summed E-state index contributed by atoms with van der Waals surface area (Å²) in [7, 11) is 0. The van der Waals surface area contributed by atoms with Crippen LogP contribution in [0.15, 0.2) is 60.8 Å². The minimum atomic E-state index is 0.793. The van der Waals surface area contributed by atoms with E-state index in [2.05, 4.69) is 48.1 Å². The van der Waals surface area contributed by atoms with Gasteiger partial charge in [-0.1, -0.05) is 42.5 Å². The summed E-state index contributed by atoms with van der Waals surface area (Å²) < 4.78 is 0. The molecule has 0 aliphatic carbocycles. The smallest absolute Gasteiger partial charge is 0.0407 e. The summed E-state index contributed by atoms with van der Waals surface area (Å²) in [4.78, 5) is 4.84.